The van der Waals surface area contributed by atoms with E-state index in [0.717, 1.165) is 4.90 Å². The van der Waals surface area contributed by atoms with Gasteiger partial charge in [-0.05, 0) is 36.6 Å². The zero-order chi connectivity index (χ0) is 28.9. The third-order valence-electron chi connectivity index (χ3n) is 7.13. The molecule has 0 saturated carbocycles. The van der Waals surface area contributed by atoms with Crippen molar-refractivity contribution in [3.63, 3.8) is 0 Å². The minimum absolute atomic E-state index is 0.0672. The molecule has 1 aliphatic heterocycles. The number of nitrogens with zero attached hydrogens (tertiary/aromatic N) is 2. The van der Waals surface area contributed by atoms with E-state index in [-0.39, 0.29) is 35.6 Å². The Hall–Kier alpha value is -4.83. The van der Waals surface area contributed by atoms with E-state index < -0.39 is 41.6 Å². The van der Waals surface area contributed by atoms with Gasteiger partial charge in [0.05, 0.1) is 6.54 Å². The Kier molecular flexibility index (Phi) is 8.40. The number of rotatable bonds is 10. The normalized spacial score (nSPS) is 16.1. The Labute approximate surface area is 232 Å². The number of nitrogen functional groups attached to an aromatic ring is 1. The molecule has 3 aromatic carbocycles. The molecule has 40 heavy (non-hydrogen) atoms. The number of carbonyl (C=O) groups excluding carboxylic acids is 4. The lowest BCUT2D eigenvalue weighted by atomic mass is 9.79. The Morgan fingerprint density at radius 1 is 0.900 bits per heavy atom. The number of amides is 3. The van der Waals surface area contributed by atoms with Crippen LogP contribution in [-0.2, 0) is 20.8 Å². The minimum atomic E-state index is -2.19. The molecule has 7 N–H and O–H groups in total. The molecule has 0 aromatic heterocycles. The number of benzene rings is 3. The number of carbonyl (C=O) groups is 4. The first-order valence-electron chi connectivity index (χ1n) is 12.9. The first kappa shape index (κ1) is 28.2. The first-order chi connectivity index (χ1) is 19.2. The monoisotopic (exact) mass is 540 g/mol. The topological polar surface area (TPSA) is 177 Å². The average Bonchev–Trinajstić information content (AvgIpc) is 3.47. The quantitative estimate of drug-likeness (QED) is 0.131. The predicted molar refractivity (Wildman–Crippen MR) is 152 cm³/mol. The van der Waals surface area contributed by atoms with Gasteiger partial charge in [-0.15, -0.1) is 0 Å². The third-order valence-corrected chi connectivity index (χ3v) is 7.13. The number of nitrogens with one attached hydrogen (secondary N) is 1. The van der Waals surface area contributed by atoms with Crippen molar-refractivity contribution in [1.82, 2.24) is 4.90 Å². The van der Waals surface area contributed by atoms with Crippen LogP contribution in [0.5, 0.6) is 0 Å². The molecule has 3 aromatic rings. The summed E-state index contributed by atoms with van der Waals surface area (Å²) < 4.78 is 0. The van der Waals surface area contributed by atoms with Crippen molar-refractivity contribution in [3.05, 3.63) is 102 Å². The van der Waals surface area contributed by atoms with Gasteiger partial charge >= 0.3 is 0 Å². The Balaban J connectivity index is 2.06. The highest BCUT2D eigenvalue weighted by Crippen LogP contribution is 2.35. The van der Waals surface area contributed by atoms with Crippen molar-refractivity contribution >= 4 is 35.0 Å². The van der Waals surface area contributed by atoms with Gasteiger partial charge in [0.15, 0.2) is 11.3 Å². The molecule has 0 radical (unpaired) electrons. The fraction of sp³-hybridized carbons (Fsp3) is 0.233. The fourth-order valence-electron chi connectivity index (χ4n) is 5.28. The van der Waals surface area contributed by atoms with Gasteiger partial charge < -0.3 is 22.1 Å². The molecule has 1 heterocycles. The smallest absolute Gasteiger partial charge is 0.258 e. The van der Waals surface area contributed by atoms with E-state index in [4.69, 9.17) is 22.6 Å². The lowest BCUT2D eigenvalue weighted by molar-refractivity contribution is -0.141. The SMILES string of the molecule is N=C(N)c1cccc(C(=O)[C@@](Cc2ccccc2)(C(=O)N2CCC[C@@H]2C(N)=O)N(C(=O)CN)c2ccccc2)c1. The molecular weight excluding hydrogens is 508 g/mol. The number of amidine groups is 1. The van der Waals surface area contributed by atoms with Crippen molar-refractivity contribution in [3.8, 4) is 0 Å². The molecule has 2 atom stereocenters. The summed E-state index contributed by atoms with van der Waals surface area (Å²) in [4.78, 5) is 58.3. The summed E-state index contributed by atoms with van der Waals surface area (Å²) in [6.45, 7) is -0.304. The van der Waals surface area contributed by atoms with E-state index in [1.54, 1.807) is 72.8 Å². The van der Waals surface area contributed by atoms with E-state index in [9.17, 15) is 19.2 Å². The standard InChI is InChI=1S/C30H32N6O4/c31-19-25(37)36(23-13-5-2-6-14-23)30(18-20-9-3-1-4-10-20,29(40)35-16-8-15-24(35)28(34)39)26(38)21-11-7-12-22(17-21)27(32)33/h1-7,9-14,17,24H,8,15-16,18-19,31H2,(H3,32,33)(H2,34,39)/t24-,30+/m1/s1. The molecule has 10 nitrogen and oxygen atoms in total. The van der Waals surface area contributed by atoms with Gasteiger partial charge in [-0.25, -0.2) is 0 Å². The third kappa shape index (κ3) is 5.34. The van der Waals surface area contributed by atoms with E-state index in [2.05, 4.69) is 0 Å². The maximum Gasteiger partial charge on any atom is 0.258 e. The molecule has 3 amide bonds. The number of Topliss-reactive ketones (excluding diaryl/α,β-unsaturated/α-hetero) is 1. The van der Waals surface area contributed by atoms with Crippen LogP contribution in [0.1, 0.15) is 34.3 Å². The van der Waals surface area contributed by atoms with Crippen LogP contribution in [0.2, 0.25) is 0 Å². The van der Waals surface area contributed by atoms with Crippen LogP contribution >= 0.6 is 0 Å². The van der Waals surface area contributed by atoms with E-state index in [1.165, 1.54) is 17.0 Å². The summed E-state index contributed by atoms with van der Waals surface area (Å²) in [5, 5.41) is 7.88. The molecule has 4 rings (SSSR count). The number of hydrogen-bond acceptors (Lipinski definition) is 6. The molecule has 0 aliphatic carbocycles. The van der Waals surface area contributed by atoms with Crippen molar-refractivity contribution < 1.29 is 19.2 Å². The van der Waals surface area contributed by atoms with Crippen LogP contribution in [0, 0.1) is 5.41 Å². The summed E-state index contributed by atoms with van der Waals surface area (Å²) in [6.07, 6.45) is 0.635. The fourth-order valence-corrected chi connectivity index (χ4v) is 5.28. The number of likely N-dealkylation sites (tertiary alicyclic amines) is 1. The second-order valence-corrected chi connectivity index (χ2v) is 9.67. The second kappa shape index (κ2) is 11.9. The van der Waals surface area contributed by atoms with E-state index in [1.807, 2.05) is 0 Å². The van der Waals surface area contributed by atoms with E-state index in [0.29, 0.717) is 18.4 Å². The summed E-state index contributed by atoms with van der Waals surface area (Å²) >= 11 is 0. The molecule has 10 heteroatoms. The van der Waals surface area contributed by atoms with Crippen LogP contribution in [0.4, 0.5) is 5.69 Å². The minimum Gasteiger partial charge on any atom is -0.384 e. The molecule has 0 bridgehead atoms. The lowest BCUT2D eigenvalue weighted by Crippen LogP contribution is -2.69. The highest BCUT2D eigenvalue weighted by Gasteiger charge is 2.56. The number of nitrogens with two attached hydrogens (primary N) is 3. The summed E-state index contributed by atoms with van der Waals surface area (Å²) in [5.74, 6) is -3.06. The summed E-state index contributed by atoms with van der Waals surface area (Å²) in [5.41, 5.74) is 16.3. The predicted octanol–water partition coefficient (Wildman–Crippen LogP) is 1.60. The molecule has 1 fully saturated rings. The summed E-state index contributed by atoms with van der Waals surface area (Å²) in [7, 11) is 0. The Bertz CT molecular complexity index is 1430. The maximum absolute atomic E-state index is 14.9. The zero-order valence-electron chi connectivity index (χ0n) is 22.0. The number of ketones is 1. The molecule has 0 unspecified atom stereocenters. The molecular formula is C30H32N6O4. The zero-order valence-corrected chi connectivity index (χ0v) is 22.0. The average molecular weight is 541 g/mol. The number of primary amides is 1. The first-order valence-corrected chi connectivity index (χ1v) is 12.9. The van der Waals surface area contributed by atoms with E-state index >= 15 is 0 Å². The Morgan fingerprint density at radius 3 is 2.12 bits per heavy atom. The van der Waals surface area contributed by atoms with Gasteiger partial charge in [0, 0.05) is 29.8 Å². The lowest BCUT2D eigenvalue weighted by Gasteiger charge is -2.44. The van der Waals surface area contributed by atoms with Crippen LogP contribution < -0.4 is 22.1 Å². The molecule has 206 valence electrons. The van der Waals surface area contributed by atoms with Gasteiger partial charge in [-0.2, -0.15) is 0 Å². The van der Waals surface area contributed by atoms with Crippen LogP contribution in [0.15, 0.2) is 84.9 Å². The Morgan fingerprint density at radius 2 is 1.52 bits per heavy atom. The van der Waals surface area contributed by atoms with Crippen LogP contribution in [-0.4, -0.2) is 58.9 Å². The van der Waals surface area contributed by atoms with Gasteiger partial charge in [-0.1, -0.05) is 66.7 Å². The second-order valence-electron chi connectivity index (χ2n) is 9.67. The van der Waals surface area contributed by atoms with Crippen molar-refractivity contribution in [1.29, 1.82) is 5.41 Å². The van der Waals surface area contributed by atoms with Gasteiger partial charge in [0.1, 0.15) is 11.9 Å². The van der Waals surface area contributed by atoms with Gasteiger partial charge in [0.2, 0.25) is 11.8 Å². The van der Waals surface area contributed by atoms with Crippen LogP contribution in [0.25, 0.3) is 0 Å². The number of anilines is 1. The molecule has 1 saturated heterocycles. The van der Waals surface area contributed by atoms with Gasteiger partial charge in [-0.3, -0.25) is 29.5 Å². The van der Waals surface area contributed by atoms with Crippen molar-refractivity contribution in [2.24, 2.45) is 17.2 Å². The highest BCUT2D eigenvalue weighted by atomic mass is 16.2. The maximum atomic E-state index is 14.9. The molecule has 0 spiro atoms. The van der Waals surface area contributed by atoms with Crippen molar-refractivity contribution in [2.45, 2.75) is 30.8 Å². The van der Waals surface area contributed by atoms with Crippen LogP contribution in [0.3, 0.4) is 0 Å². The van der Waals surface area contributed by atoms with Crippen molar-refractivity contribution in [2.75, 3.05) is 18.0 Å². The van der Waals surface area contributed by atoms with Gasteiger partial charge in [0.25, 0.3) is 5.91 Å². The number of para-hydroxylation sites is 1. The largest absolute Gasteiger partial charge is 0.384 e. The highest BCUT2D eigenvalue weighted by molar-refractivity contribution is 6.25. The molecule has 1 aliphatic rings. The summed E-state index contributed by atoms with van der Waals surface area (Å²) in [6, 6.07) is 22.3. The number of hydrogen-bond donors (Lipinski definition) is 4.